The molecule has 3 aromatic heterocycles. The van der Waals surface area contributed by atoms with E-state index < -0.39 is 0 Å². The van der Waals surface area contributed by atoms with Gasteiger partial charge >= 0.3 is 0 Å². The van der Waals surface area contributed by atoms with Crippen molar-refractivity contribution in [1.82, 2.24) is 19.1 Å². The van der Waals surface area contributed by atoms with Crippen LogP contribution in [0.4, 0.5) is 0 Å². The zero-order valence-corrected chi connectivity index (χ0v) is 42.8. The summed E-state index contributed by atoms with van der Waals surface area (Å²) in [6.45, 7) is 19.9. The van der Waals surface area contributed by atoms with Gasteiger partial charge in [0.15, 0.2) is 0 Å². The fraction of sp³-hybridized carbons (Fsp3) is 0.194. The van der Waals surface area contributed by atoms with Crippen molar-refractivity contribution in [1.29, 1.82) is 0 Å². The van der Waals surface area contributed by atoms with E-state index in [1.165, 1.54) is 0 Å². The standard InChI is InChI=1S/C62H55N4O2.Pt/c1-60(2,3)41-34-39(33-40(35-41)58-63-49-31-32-53-54(46-26-17-19-30-52(46)68-53)56(49)65(58)43-23-14-11-15-24-43)45-27-20-29-51-55(45)64-59(47-36-42(61(4,5)6)37-48(57(47)67)62(7,8)9)66(51)50-28-18-16-25-44(50)38-21-12-10-13-22-38;/h10-32,34-37,67H,1-9H3;/q-1;. The number of rotatable bonds is 6. The molecule has 0 aliphatic heterocycles. The van der Waals surface area contributed by atoms with E-state index in [0.717, 1.165) is 106 Å². The molecule has 346 valence electrons. The molecular formula is C62H55N4O2Pt-. The van der Waals surface area contributed by atoms with Crippen molar-refractivity contribution in [3.05, 3.63) is 187 Å². The van der Waals surface area contributed by atoms with Crippen LogP contribution >= 0.6 is 0 Å². The van der Waals surface area contributed by atoms with Gasteiger partial charge in [-0.25, -0.2) is 4.98 Å². The Bertz CT molecular complexity index is 3740. The topological polar surface area (TPSA) is 69.0 Å². The van der Waals surface area contributed by atoms with Gasteiger partial charge in [0, 0.05) is 43.3 Å². The van der Waals surface area contributed by atoms with Crippen LogP contribution in [-0.2, 0) is 37.3 Å². The van der Waals surface area contributed by atoms with Crippen LogP contribution < -0.4 is 0 Å². The van der Waals surface area contributed by atoms with E-state index in [1.54, 1.807) is 0 Å². The third-order valence-electron chi connectivity index (χ3n) is 13.4. The Labute approximate surface area is 418 Å². The smallest absolute Gasteiger partial charge is 0.148 e. The van der Waals surface area contributed by atoms with Crippen LogP contribution in [0.15, 0.2) is 168 Å². The monoisotopic (exact) mass is 1080 g/mol. The van der Waals surface area contributed by atoms with Crippen LogP contribution in [0.5, 0.6) is 5.75 Å². The largest absolute Gasteiger partial charge is 0.507 e. The fourth-order valence-electron chi connectivity index (χ4n) is 9.73. The Morgan fingerprint density at radius 1 is 0.522 bits per heavy atom. The first kappa shape index (κ1) is 45.8. The minimum atomic E-state index is -0.338. The first-order valence-electron chi connectivity index (χ1n) is 23.6. The summed E-state index contributed by atoms with van der Waals surface area (Å²) in [4.78, 5) is 11.1. The summed E-state index contributed by atoms with van der Waals surface area (Å²) in [6.07, 6.45) is 0. The van der Waals surface area contributed by atoms with Gasteiger partial charge in [0.05, 0.1) is 44.5 Å². The molecular weight excluding hydrogens is 1030 g/mol. The molecule has 0 atom stereocenters. The number of aromatic nitrogens is 4. The Hall–Kier alpha value is -7.01. The molecule has 1 N–H and O–H groups in total. The van der Waals surface area contributed by atoms with Crippen molar-refractivity contribution in [3.8, 4) is 62.2 Å². The molecule has 0 saturated carbocycles. The van der Waals surface area contributed by atoms with Crippen molar-refractivity contribution in [2.75, 3.05) is 0 Å². The molecule has 0 radical (unpaired) electrons. The molecule has 0 spiro atoms. The van der Waals surface area contributed by atoms with Crippen molar-refractivity contribution in [2.24, 2.45) is 0 Å². The molecule has 0 saturated heterocycles. The molecule has 0 aliphatic carbocycles. The van der Waals surface area contributed by atoms with Crippen LogP contribution in [0.3, 0.4) is 0 Å². The average Bonchev–Trinajstić information content (AvgIpc) is 4.03. The summed E-state index contributed by atoms with van der Waals surface area (Å²) >= 11 is 0. The number of furan rings is 1. The first-order valence-corrected chi connectivity index (χ1v) is 23.6. The number of hydrogen-bond acceptors (Lipinski definition) is 4. The summed E-state index contributed by atoms with van der Waals surface area (Å²) in [5.74, 6) is 1.69. The molecule has 69 heavy (non-hydrogen) atoms. The number of phenols is 1. The molecule has 11 aromatic rings. The maximum atomic E-state index is 12.5. The average molecular weight is 1080 g/mol. The van der Waals surface area contributed by atoms with E-state index in [0.29, 0.717) is 11.4 Å². The van der Waals surface area contributed by atoms with Gasteiger partial charge in [0.25, 0.3) is 0 Å². The number of imidazole rings is 2. The molecule has 0 aliphatic rings. The van der Waals surface area contributed by atoms with Crippen LogP contribution in [0, 0.1) is 6.07 Å². The molecule has 8 aromatic carbocycles. The first-order chi connectivity index (χ1) is 32.5. The summed E-state index contributed by atoms with van der Waals surface area (Å²) in [5.41, 5.74) is 15.1. The number of para-hydroxylation sites is 4. The molecule has 3 heterocycles. The Kier molecular flexibility index (Phi) is 11.2. The second kappa shape index (κ2) is 16.9. The normalized spacial score (nSPS) is 12.4. The van der Waals surface area contributed by atoms with Crippen molar-refractivity contribution >= 4 is 44.0 Å². The van der Waals surface area contributed by atoms with Gasteiger partial charge in [0.2, 0.25) is 0 Å². The molecule has 7 heteroatoms. The van der Waals surface area contributed by atoms with Crippen molar-refractivity contribution in [3.63, 3.8) is 0 Å². The number of nitrogens with zero attached hydrogens (tertiary/aromatic N) is 4. The van der Waals surface area contributed by atoms with E-state index in [9.17, 15) is 5.11 Å². The Morgan fingerprint density at radius 3 is 1.88 bits per heavy atom. The van der Waals surface area contributed by atoms with E-state index in [2.05, 4.69) is 211 Å². The van der Waals surface area contributed by atoms with Crippen LogP contribution in [-0.4, -0.2) is 24.2 Å². The second-order valence-corrected chi connectivity index (χ2v) is 21.2. The van der Waals surface area contributed by atoms with Gasteiger partial charge < -0.3 is 14.1 Å². The van der Waals surface area contributed by atoms with Crippen LogP contribution in [0.1, 0.15) is 79.0 Å². The number of aromatic hydroxyl groups is 1. The molecule has 6 nitrogen and oxygen atoms in total. The Balaban J connectivity index is 0.00000553. The Morgan fingerprint density at radius 2 is 1.16 bits per heavy atom. The zero-order chi connectivity index (χ0) is 47.3. The maximum Gasteiger partial charge on any atom is 0.148 e. The van der Waals surface area contributed by atoms with Gasteiger partial charge in [-0.05, 0) is 75.9 Å². The minimum Gasteiger partial charge on any atom is -0.507 e. The molecule has 0 amide bonds. The number of fused-ring (bicyclic) bond motifs is 6. The summed E-state index contributed by atoms with van der Waals surface area (Å²) in [7, 11) is 0. The van der Waals surface area contributed by atoms with Gasteiger partial charge in [-0.2, -0.15) is 0 Å². The number of benzene rings is 8. The quantitative estimate of drug-likeness (QED) is 0.169. The van der Waals surface area contributed by atoms with E-state index in [1.807, 2.05) is 30.3 Å². The third-order valence-corrected chi connectivity index (χ3v) is 13.4. The van der Waals surface area contributed by atoms with Crippen LogP contribution in [0.2, 0.25) is 0 Å². The molecule has 11 rings (SSSR count). The SMILES string of the molecule is CC(C)(C)c1cc(-c2cccc3c2nc(-c2cc(C(C)(C)C)cc(C(C)(C)C)c2O)n3-c2ccccc2-c2ccccc2)[c-]c(-c2nc3ccc4oc5ccccc5c4c3n2-c2ccccc2)c1.[Pt]. The van der Waals surface area contributed by atoms with Crippen LogP contribution in [0.25, 0.3) is 100 Å². The summed E-state index contributed by atoms with van der Waals surface area (Å²) in [5, 5.41) is 14.6. The second-order valence-electron chi connectivity index (χ2n) is 21.2. The van der Waals surface area contributed by atoms with E-state index >= 15 is 0 Å². The van der Waals surface area contributed by atoms with E-state index in [4.69, 9.17) is 14.4 Å². The molecule has 0 fully saturated rings. The summed E-state index contributed by atoms with van der Waals surface area (Å²) < 4.78 is 11.0. The van der Waals surface area contributed by atoms with Gasteiger partial charge in [-0.15, -0.1) is 29.3 Å². The number of phenolic OH excluding ortho intramolecular Hbond substituents is 1. The minimum absolute atomic E-state index is 0. The predicted molar refractivity (Wildman–Crippen MR) is 281 cm³/mol. The molecule has 0 bridgehead atoms. The fourth-order valence-corrected chi connectivity index (χ4v) is 9.73. The van der Waals surface area contributed by atoms with Crippen molar-refractivity contribution in [2.45, 2.75) is 78.6 Å². The van der Waals surface area contributed by atoms with E-state index in [-0.39, 0.29) is 43.1 Å². The third kappa shape index (κ3) is 7.89. The maximum absolute atomic E-state index is 12.5. The molecule has 0 unspecified atom stereocenters. The zero-order valence-electron chi connectivity index (χ0n) is 40.5. The van der Waals surface area contributed by atoms with Gasteiger partial charge in [-0.3, -0.25) is 9.55 Å². The summed E-state index contributed by atoms with van der Waals surface area (Å²) in [6, 6.07) is 61.0. The predicted octanol–water partition coefficient (Wildman–Crippen LogP) is 16.3. The van der Waals surface area contributed by atoms with Gasteiger partial charge in [0.1, 0.15) is 22.7 Å². The number of hydrogen-bond donors (Lipinski definition) is 1. The van der Waals surface area contributed by atoms with Gasteiger partial charge in [-0.1, -0.05) is 177 Å². The van der Waals surface area contributed by atoms with Crippen molar-refractivity contribution < 1.29 is 30.6 Å².